The predicted octanol–water partition coefficient (Wildman–Crippen LogP) is 1.61. The van der Waals surface area contributed by atoms with Crippen molar-refractivity contribution in [1.29, 1.82) is 0 Å². The van der Waals surface area contributed by atoms with E-state index in [4.69, 9.17) is 0 Å². The van der Waals surface area contributed by atoms with Crippen molar-refractivity contribution < 1.29 is 13.2 Å². The van der Waals surface area contributed by atoms with Crippen LogP contribution in [0.5, 0.6) is 0 Å². The smallest absolute Gasteiger partial charge is 0.315 e. The van der Waals surface area contributed by atoms with Crippen LogP contribution in [0.1, 0.15) is 24.1 Å². The molecule has 1 saturated heterocycles. The van der Waals surface area contributed by atoms with Crippen molar-refractivity contribution in [2.75, 3.05) is 23.4 Å². The highest BCUT2D eigenvalue weighted by atomic mass is 32.2. The summed E-state index contributed by atoms with van der Waals surface area (Å²) in [5.41, 5.74) is 2.24. The molecule has 0 saturated carbocycles. The zero-order valence-electron chi connectivity index (χ0n) is 14.2. The molecule has 25 heavy (non-hydrogen) atoms. The largest absolute Gasteiger partial charge is 0.322 e. The first-order valence-electron chi connectivity index (χ1n) is 8.10. The third kappa shape index (κ3) is 3.98. The second-order valence-electron chi connectivity index (χ2n) is 6.13. The second kappa shape index (κ2) is 6.83. The van der Waals surface area contributed by atoms with Crippen molar-refractivity contribution >= 4 is 21.6 Å². The molecule has 3 rings (SSSR count). The van der Waals surface area contributed by atoms with Crippen LogP contribution < -0.4 is 5.32 Å². The van der Waals surface area contributed by atoms with Gasteiger partial charge in [-0.3, -0.25) is 9.67 Å². The van der Waals surface area contributed by atoms with Gasteiger partial charge in [0.1, 0.15) is 0 Å². The summed E-state index contributed by atoms with van der Waals surface area (Å²) in [5, 5.41) is 7.00. The van der Waals surface area contributed by atoms with Crippen LogP contribution in [0.25, 0.3) is 0 Å². The van der Waals surface area contributed by atoms with Crippen LogP contribution in [0.4, 0.5) is 10.5 Å². The molecular weight excluding hydrogens is 342 g/mol. The van der Waals surface area contributed by atoms with Gasteiger partial charge in [-0.15, -0.1) is 0 Å². The Labute approximate surface area is 146 Å². The molecule has 1 N–H and O–H groups in total. The maximum atomic E-state index is 12.7. The zero-order chi connectivity index (χ0) is 18.0. The molecule has 8 nitrogen and oxygen atoms in total. The maximum absolute atomic E-state index is 12.7. The number of pyridine rings is 1. The number of carbonyl (C=O) groups excluding carboxylic acids is 1. The van der Waals surface area contributed by atoms with E-state index in [9.17, 15) is 13.2 Å². The fraction of sp³-hybridized carbons (Fsp3) is 0.438. The van der Waals surface area contributed by atoms with Crippen molar-refractivity contribution in [2.45, 2.75) is 26.4 Å². The fourth-order valence-electron chi connectivity index (χ4n) is 2.87. The van der Waals surface area contributed by atoms with Gasteiger partial charge in [0.25, 0.3) is 0 Å². The topological polar surface area (TPSA) is 97.2 Å². The molecule has 0 bridgehead atoms. The van der Waals surface area contributed by atoms with Crippen LogP contribution in [-0.2, 0) is 16.4 Å². The number of aryl methyl sites for hydroxylation is 2. The lowest BCUT2D eigenvalue weighted by atomic mass is 10.1. The molecule has 9 heteroatoms. The zero-order valence-corrected chi connectivity index (χ0v) is 15.0. The minimum absolute atomic E-state index is 0.0368. The van der Waals surface area contributed by atoms with Crippen molar-refractivity contribution in [2.24, 2.45) is 0 Å². The number of hydrogen-bond donors (Lipinski definition) is 1. The highest BCUT2D eigenvalue weighted by molar-refractivity contribution is 7.91. The summed E-state index contributed by atoms with van der Waals surface area (Å²) in [5.74, 6) is -0.132. The number of rotatable bonds is 3. The van der Waals surface area contributed by atoms with Crippen molar-refractivity contribution in [3.63, 3.8) is 0 Å². The van der Waals surface area contributed by atoms with Gasteiger partial charge in [0.15, 0.2) is 9.84 Å². The summed E-state index contributed by atoms with van der Waals surface area (Å²) in [7, 11) is -3.19. The van der Waals surface area contributed by atoms with Crippen LogP contribution in [0, 0.1) is 6.92 Å². The number of sulfone groups is 1. The van der Waals surface area contributed by atoms with Gasteiger partial charge < -0.3 is 10.2 Å². The molecule has 0 aromatic carbocycles. The Balaban J connectivity index is 1.85. The number of hydrogen-bond acceptors (Lipinski definition) is 5. The summed E-state index contributed by atoms with van der Waals surface area (Å²) < 4.78 is 25.9. The number of nitrogens with zero attached hydrogens (tertiary/aromatic N) is 4. The van der Waals surface area contributed by atoms with E-state index < -0.39 is 15.9 Å². The quantitative estimate of drug-likeness (QED) is 0.893. The molecule has 1 atom stereocenters. The first kappa shape index (κ1) is 17.4. The third-order valence-electron chi connectivity index (χ3n) is 4.18. The van der Waals surface area contributed by atoms with Gasteiger partial charge in [0.05, 0.1) is 35.6 Å². The van der Waals surface area contributed by atoms with Crippen molar-refractivity contribution in [3.05, 3.63) is 42.0 Å². The number of urea groups is 1. The van der Waals surface area contributed by atoms with Gasteiger partial charge in [0, 0.05) is 31.0 Å². The molecule has 1 unspecified atom stereocenters. The van der Waals surface area contributed by atoms with Gasteiger partial charge in [-0.1, -0.05) is 0 Å². The first-order valence-corrected chi connectivity index (χ1v) is 9.92. The number of anilines is 1. The minimum Gasteiger partial charge on any atom is -0.315 e. The molecule has 0 spiro atoms. The standard InChI is InChI=1S/C16H21N5O3S/c1-3-20-10-13(8-18-20)15-11-25(23,24)5-4-21(15)16(22)19-14-6-12(2)7-17-9-14/h6-10,15H,3-5,11H2,1-2H3,(H,19,22). The van der Waals surface area contributed by atoms with E-state index in [-0.39, 0.29) is 24.1 Å². The first-order chi connectivity index (χ1) is 11.9. The van der Waals surface area contributed by atoms with Gasteiger partial charge in [-0.25, -0.2) is 13.2 Å². The van der Waals surface area contributed by atoms with Crippen LogP contribution in [0.2, 0.25) is 0 Å². The predicted molar refractivity (Wildman–Crippen MR) is 94.0 cm³/mol. The molecule has 1 aliphatic rings. The summed E-state index contributed by atoms with van der Waals surface area (Å²) >= 11 is 0. The maximum Gasteiger partial charge on any atom is 0.322 e. The Morgan fingerprint density at radius 2 is 2.16 bits per heavy atom. The van der Waals surface area contributed by atoms with Crippen LogP contribution >= 0.6 is 0 Å². The van der Waals surface area contributed by atoms with E-state index in [2.05, 4.69) is 15.4 Å². The molecule has 2 aromatic heterocycles. The van der Waals surface area contributed by atoms with Gasteiger partial charge in [-0.2, -0.15) is 5.10 Å². The van der Waals surface area contributed by atoms with Gasteiger partial charge >= 0.3 is 6.03 Å². The average Bonchev–Trinajstić information content (AvgIpc) is 3.03. The van der Waals surface area contributed by atoms with Crippen LogP contribution in [0.15, 0.2) is 30.9 Å². The minimum atomic E-state index is -3.19. The Hall–Kier alpha value is -2.42. The molecule has 1 aliphatic heterocycles. The molecule has 0 radical (unpaired) electrons. The number of nitrogens with one attached hydrogen (secondary N) is 1. The Kier molecular flexibility index (Phi) is 4.76. The monoisotopic (exact) mass is 363 g/mol. The molecule has 3 heterocycles. The van der Waals surface area contributed by atoms with Gasteiger partial charge in [-0.05, 0) is 25.5 Å². The van der Waals surface area contributed by atoms with Gasteiger partial charge in [0.2, 0.25) is 0 Å². The normalized spacial score (nSPS) is 19.6. The van der Waals surface area contributed by atoms with E-state index in [1.54, 1.807) is 34.4 Å². The summed E-state index contributed by atoms with van der Waals surface area (Å²) in [6, 6.07) is 0.934. The molecule has 0 aliphatic carbocycles. The molecule has 134 valence electrons. The molecule has 1 fully saturated rings. The molecular formula is C16H21N5O3S. The Morgan fingerprint density at radius 3 is 2.84 bits per heavy atom. The Bertz CT molecular complexity index is 877. The van der Waals surface area contributed by atoms with E-state index in [0.717, 1.165) is 11.1 Å². The van der Waals surface area contributed by atoms with Crippen molar-refractivity contribution in [1.82, 2.24) is 19.7 Å². The van der Waals surface area contributed by atoms with E-state index in [1.807, 2.05) is 19.9 Å². The van der Waals surface area contributed by atoms with E-state index in [1.165, 1.54) is 0 Å². The van der Waals surface area contributed by atoms with Crippen molar-refractivity contribution in [3.8, 4) is 0 Å². The highest BCUT2D eigenvalue weighted by Crippen LogP contribution is 2.27. The Morgan fingerprint density at radius 1 is 1.36 bits per heavy atom. The molecule has 2 amide bonds. The number of carbonyl (C=O) groups is 1. The highest BCUT2D eigenvalue weighted by Gasteiger charge is 2.36. The summed E-state index contributed by atoms with van der Waals surface area (Å²) in [6.07, 6.45) is 6.68. The lowest BCUT2D eigenvalue weighted by molar-refractivity contribution is 0.195. The summed E-state index contributed by atoms with van der Waals surface area (Å²) in [6.45, 7) is 4.66. The summed E-state index contributed by atoms with van der Waals surface area (Å²) in [4.78, 5) is 18.3. The number of aromatic nitrogens is 3. The van der Waals surface area contributed by atoms with Crippen LogP contribution in [-0.4, -0.2) is 52.2 Å². The SMILES string of the molecule is CCn1cc(C2CS(=O)(=O)CCN2C(=O)Nc2cncc(C)c2)cn1. The lowest BCUT2D eigenvalue weighted by Crippen LogP contribution is -2.47. The number of amides is 2. The lowest BCUT2D eigenvalue weighted by Gasteiger charge is -2.34. The average molecular weight is 363 g/mol. The third-order valence-corrected chi connectivity index (χ3v) is 5.81. The fourth-order valence-corrected chi connectivity index (χ4v) is 4.36. The second-order valence-corrected chi connectivity index (χ2v) is 8.36. The van der Waals surface area contributed by atoms with Crippen LogP contribution in [0.3, 0.4) is 0 Å². The molecule has 2 aromatic rings. The van der Waals surface area contributed by atoms with E-state index in [0.29, 0.717) is 12.2 Å². The van der Waals surface area contributed by atoms with E-state index >= 15 is 0 Å².